The van der Waals surface area contributed by atoms with Crippen LogP contribution in [-0.4, -0.2) is 48.3 Å². The van der Waals surface area contributed by atoms with E-state index in [1.54, 1.807) is 29.2 Å². The Bertz CT molecular complexity index is 509. The number of carboxylic acid groups (broad SMARTS) is 1. The summed E-state index contributed by atoms with van der Waals surface area (Å²) in [5.74, 6) is -1.13. The molecule has 2 N–H and O–H groups in total. The monoisotopic (exact) mass is 292 g/mol. The predicted molar refractivity (Wildman–Crippen MR) is 79.4 cm³/mol. The van der Waals surface area contributed by atoms with Crippen molar-refractivity contribution in [3.05, 3.63) is 29.8 Å². The molecule has 6 nitrogen and oxygen atoms in total. The third kappa shape index (κ3) is 6.67. The Morgan fingerprint density at radius 1 is 1.10 bits per heavy atom. The van der Waals surface area contributed by atoms with Gasteiger partial charge in [-0.25, -0.2) is 0 Å². The summed E-state index contributed by atoms with van der Waals surface area (Å²) in [6.07, 6.45) is 0.444. The number of nitrogens with one attached hydrogen (secondary N) is 1. The normalized spacial score (nSPS) is 10.4. The Hall–Kier alpha value is -2.21. The topological polar surface area (TPSA) is 86.7 Å². The fraction of sp³-hybridized carbons (Fsp3) is 0.400. The van der Waals surface area contributed by atoms with E-state index in [2.05, 4.69) is 5.32 Å². The standard InChI is InChI=1S/C15H20N2O4/c1-17(2)10-13(18)11-6-8-12(9-7-11)16-14(19)4-3-5-15(20)21/h6-9H,3-5,10H2,1-2H3,(H,16,19)(H,20,21). The first-order chi connectivity index (χ1) is 9.88. The van der Waals surface area contributed by atoms with Crippen molar-refractivity contribution in [2.45, 2.75) is 19.3 Å². The fourth-order valence-electron chi connectivity index (χ4n) is 1.74. The quantitative estimate of drug-likeness (QED) is 0.711. The molecule has 0 aromatic heterocycles. The van der Waals surface area contributed by atoms with Gasteiger partial charge in [-0.05, 0) is 44.8 Å². The molecule has 1 aromatic rings. The number of nitrogens with zero attached hydrogens (tertiary/aromatic N) is 1. The van der Waals surface area contributed by atoms with Crippen LogP contribution >= 0.6 is 0 Å². The molecule has 0 atom stereocenters. The van der Waals surface area contributed by atoms with Crippen LogP contribution in [0.3, 0.4) is 0 Å². The van der Waals surface area contributed by atoms with Gasteiger partial charge in [0, 0.05) is 24.1 Å². The zero-order valence-electron chi connectivity index (χ0n) is 12.3. The molecule has 0 saturated carbocycles. The second-order valence-corrected chi connectivity index (χ2v) is 5.03. The number of anilines is 1. The number of carboxylic acids is 1. The van der Waals surface area contributed by atoms with Gasteiger partial charge in [-0.1, -0.05) is 0 Å². The van der Waals surface area contributed by atoms with E-state index in [4.69, 9.17) is 5.11 Å². The first-order valence-corrected chi connectivity index (χ1v) is 6.68. The molecular weight excluding hydrogens is 272 g/mol. The van der Waals surface area contributed by atoms with Crippen molar-refractivity contribution >= 4 is 23.3 Å². The van der Waals surface area contributed by atoms with Crippen LogP contribution in [0.5, 0.6) is 0 Å². The molecule has 21 heavy (non-hydrogen) atoms. The highest BCUT2D eigenvalue weighted by Gasteiger charge is 2.08. The van der Waals surface area contributed by atoms with E-state index in [1.807, 2.05) is 14.1 Å². The maximum atomic E-state index is 11.8. The van der Waals surface area contributed by atoms with Gasteiger partial charge in [-0.3, -0.25) is 14.4 Å². The predicted octanol–water partition coefficient (Wildman–Crippen LogP) is 1.62. The van der Waals surface area contributed by atoms with Gasteiger partial charge in [0.1, 0.15) is 0 Å². The van der Waals surface area contributed by atoms with Crippen molar-refractivity contribution in [2.24, 2.45) is 0 Å². The van der Waals surface area contributed by atoms with Gasteiger partial charge in [0.2, 0.25) is 5.91 Å². The number of hydrogen-bond acceptors (Lipinski definition) is 4. The average Bonchev–Trinajstić information content (AvgIpc) is 2.38. The molecule has 0 aliphatic rings. The molecule has 0 aliphatic carbocycles. The Labute approximate surface area is 123 Å². The lowest BCUT2D eigenvalue weighted by atomic mass is 10.1. The second-order valence-electron chi connectivity index (χ2n) is 5.03. The van der Waals surface area contributed by atoms with E-state index < -0.39 is 5.97 Å². The van der Waals surface area contributed by atoms with Crippen LogP contribution in [0.15, 0.2) is 24.3 Å². The smallest absolute Gasteiger partial charge is 0.303 e. The zero-order chi connectivity index (χ0) is 15.8. The van der Waals surface area contributed by atoms with E-state index in [0.717, 1.165) is 0 Å². The molecule has 0 radical (unpaired) electrons. The van der Waals surface area contributed by atoms with Gasteiger partial charge in [0.05, 0.1) is 6.54 Å². The number of aliphatic carboxylic acids is 1. The number of likely N-dealkylation sites (N-methyl/N-ethyl adjacent to an activating group) is 1. The van der Waals surface area contributed by atoms with Crippen molar-refractivity contribution in [3.8, 4) is 0 Å². The lowest BCUT2D eigenvalue weighted by Crippen LogP contribution is -2.21. The Kier molecular flexibility index (Phi) is 6.55. The lowest BCUT2D eigenvalue weighted by molar-refractivity contribution is -0.137. The van der Waals surface area contributed by atoms with E-state index in [1.165, 1.54) is 0 Å². The van der Waals surface area contributed by atoms with Crippen LogP contribution in [0.2, 0.25) is 0 Å². The van der Waals surface area contributed by atoms with Crippen LogP contribution in [0, 0.1) is 0 Å². The molecule has 1 amide bonds. The molecule has 0 saturated heterocycles. The molecule has 0 bridgehead atoms. The summed E-state index contributed by atoms with van der Waals surface area (Å²) in [5.41, 5.74) is 1.18. The summed E-state index contributed by atoms with van der Waals surface area (Å²) in [7, 11) is 3.65. The molecule has 0 unspecified atom stereocenters. The van der Waals surface area contributed by atoms with Gasteiger partial charge >= 0.3 is 5.97 Å². The summed E-state index contributed by atoms with van der Waals surface area (Å²) in [6.45, 7) is 0.334. The SMILES string of the molecule is CN(C)CC(=O)c1ccc(NC(=O)CCCC(=O)O)cc1. The summed E-state index contributed by atoms with van der Waals surface area (Å²) in [4.78, 5) is 35.5. The van der Waals surface area contributed by atoms with Crippen molar-refractivity contribution < 1.29 is 19.5 Å². The molecule has 114 valence electrons. The molecule has 0 spiro atoms. The molecule has 1 rings (SSSR count). The third-order valence-electron chi connectivity index (χ3n) is 2.74. The van der Waals surface area contributed by atoms with Gasteiger partial charge in [0.15, 0.2) is 5.78 Å². The molecule has 0 aliphatic heterocycles. The van der Waals surface area contributed by atoms with Crippen molar-refractivity contribution in [3.63, 3.8) is 0 Å². The van der Waals surface area contributed by atoms with Crippen molar-refractivity contribution in [1.82, 2.24) is 4.90 Å². The highest BCUT2D eigenvalue weighted by atomic mass is 16.4. The Morgan fingerprint density at radius 3 is 2.24 bits per heavy atom. The van der Waals surface area contributed by atoms with Crippen molar-refractivity contribution in [2.75, 3.05) is 26.0 Å². The fourth-order valence-corrected chi connectivity index (χ4v) is 1.74. The Balaban J connectivity index is 2.49. The van der Waals surface area contributed by atoms with Gasteiger partial charge in [-0.15, -0.1) is 0 Å². The van der Waals surface area contributed by atoms with Gasteiger partial charge in [0.25, 0.3) is 0 Å². The number of ketones is 1. The minimum atomic E-state index is -0.911. The van der Waals surface area contributed by atoms with Crippen LogP contribution < -0.4 is 5.32 Å². The number of hydrogen-bond donors (Lipinski definition) is 2. The maximum absolute atomic E-state index is 11.8. The largest absolute Gasteiger partial charge is 0.481 e. The van der Waals surface area contributed by atoms with Crippen LogP contribution in [0.25, 0.3) is 0 Å². The molecule has 6 heteroatoms. The van der Waals surface area contributed by atoms with E-state index >= 15 is 0 Å². The number of benzene rings is 1. The first-order valence-electron chi connectivity index (χ1n) is 6.68. The van der Waals surface area contributed by atoms with Crippen LogP contribution in [-0.2, 0) is 9.59 Å². The summed E-state index contributed by atoms with van der Waals surface area (Å²) in [5, 5.41) is 11.2. The summed E-state index contributed by atoms with van der Waals surface area (Å²) >= 11 is 0. The van der Waals surface area contributed by atoms with Crippen LogP contribution in [0.4, 0.5) is 5.69 Å². The number of amides is 1. The average molecular weight is 292 g/mol. The third-order valence-corrected chi connectivity index (χ3v) is 2.74. The summed E-state index contributed by atoms with van der Waals surface area (Å²) in [6, 6.07) is 6.66. The first kappa shape index (κ1) is 16.8. The number of carbonyl (C=O) groups excluding carboxylic acids is 2. The highest BCUT2D eigenvalue weighted by Crippen LogP contribution is 2.11. The summed E-state index contributed by atoms with van der Waals surface area (Å²) < 4.78 is 0. The highest BCUT2D eigenvalue weighted by molar-refractivity contribution is 5.98. The van der Waals surface area contributed by atoms with E-state index in [-0.39, 0.29) is 24.5 Å². The molecule has 0 fully saturated rings. The van der Waals surface area contributed by atoms with Crippen molar-refractivity contribution in [1.29, 1.82) is 0 Å². The number of Topliss-reactive ketones (excluding diaryl/α,β-unsaturated/α-hetero) is 1. The van der Waals surface area contributed by atoms with E-state index in [9.17, 15) is 14.4 Å². The van der Waals surface area contributed by atoms with Crippen LogP contribution in [0.1, 0.15) is 29.6 Å². The second kappa shape index (κ2) is 8.16. The van der Waals surface area contributed by atoms with Gasteiger partial charge in [-0.2, -0.15) is 0 Å². The van der Waals surface area contributed by atoms with E-state index in [0.29, 0.717) is 24.2 Å². The van der Waals surface area contributed by atoms with Gasteiger partial charge < -0.3 is 15.3 Å². The maximum Gasteiger partial charge on any atom is 0.303 e. The lowest BCUT2D eigenvalue weighted by Gasteiger charge is -2.09. The molecular formula is C15H20N2O4. The zero-order valence-corrected chi connectivity index (χ0v) is 12.3. The Morgan fingerprint density at radius 2 is 1.71 bits per heavy atom. The number of carbonyl (C=O) groups is 3. The minimum Gasteiger partial charge on any atom is -0.481 e. The number of rotatable bonds is 8. The minimum absolute atomic E-state index is 0.0133. The molecule has 1 aromatic carbocycles. The molecule has 0 heterocycles.